The molecular weight excluding hydrogens is 118 g/mol. The van der Waals surface area contributed by atoms with Gasteiger partial charge in [-0.05, 0) is 11.5 Å². The van der Waals surface area contributed by atoms with Crippen LogP contribution in [-0.2, 0) is 0 Å². The molecule has 0 atom stereocenters. The SMILES string of the molecule is Bc1cnccc1NF. The third-order valence-corrected chi connectivity index (χ3v) is 1.12. The highest BCUT2D eigenvalue weighted by molar-refractivity contribution is 6.35. The quantitative estimate of drug-likeness (QED) is 0.408. The van der Waals surface area contributed by atoms with Gasteiger partial charge in [-0.25, -0.2) is 5.54 Å². The smallest absolute Gasteiger partial charge is 0.144 e. The first kappa shape index (κ1) is 6.07. The Bertz CT molecular complexity index is 204. The monoisotopic (exact) mass is 124 g/mol. The van der Waals surface area contributed by atoms with Gasteiger partial charge in [0.05, 0.1) is 5.69 Å². The maximum atomic E-state index is 11.7. The first-order valence-corrected chi connectivity index (χ1v) is 2.62. The Kier molecular flexibility index (Phi) is 1.67. The molecule has 0 aromatic carbocycles. The molecule has 0 aliphatic heterocycles. The molecule has 0 aliphatic rings. The molecule has 0 amide bonds. The minimum atomic E-state index is 0.477. The largest absolute Gasteiger partial charge is 0.265 e. The van der Waals surface area contributed by atoms with Crippen molar-refractivity contribution < 1.29 is 4.48 Å². The average Bonchev–Trinajstić information content (AvgIpc) is 1.89. The highest BCUT2D eigenvalue weighted by Gasteiger charge is 1.91. The lowest BCUT2D eigenvalue weighted by atomic mass is 9.97. The van der Waals surface area contributed by atoms with E-state index in [1.807, 2.05) is 0 Å². The molecule has 9 heavy (non-hydrogen) atoms. The molecule has 1 N–H and O–H groups in total. The first-order valence-electron chi connectivity index (χ1n) is 2.62. The van der Waals surface area contributed by atoms with Gasteiger partial charge in [0.25, 0.3) is 0 Å². The normalized spacial score (nSPS) is 9.00. The molecule has 0 aliphatic carbocycles. The number of rotatable bonds is 1. The van der Waals surface area contributed by atoms with Crippen LogP contribution in [0, 0.1) is 0 Å². The van der Waals surface area contributed by atoms with E-state index in [-0.39, 0.29) is 0 Å². The van der Waals surface area contributed by atoms with Crippen LogP contribution >= 0.6 is 0 Å². The topological polar surface area (TPSA) is 24.9 Å². The number of anilines is 1. The van der Waals surface area contributed by atoms with E-state index in [9.17, 15) is 4.48 Å². The van der Waals surface area contributed by atoms with Crippen LogP contribution in [0.25, 0.3) is 0 Å². The molecule has 1 rings (SSSR count). The van der Waals surface area contributed by atoms with Crippen molar-refractivity contribution in [2.45, 2.75) is 0 Å². The Morgan fingerprint density at radius 1 is 1.67 bits per heavy atom. The molecule has 46 valence electrons. The second-order valence-electron chi connectivity index (χ2n) is 1.79. The fourth-order valence-corrected chi connectivity index (χ4v) is 0.579. The summed E-state index contributed by atoms with van der Waals surface area (Å²) < 4.78 is 11.7. The minimum Gasteiger partial charge on any atom is -0.265 e. The molecule has 0 spiro atoms. The lowest BCUT2D eigenvalue weighted by Gasteiger charge is -1.97. The summed E-state index contributed by atoms with van der Waals surface area (Å²) in [5.41, 5.74) is 2.84. The van der Waals surface area contributed by atoms with Gasteiger partial charge >= 0.3 is 0 Å². The molecule has 4 heteroatoms. The molecule has 1 aromatic rings. The van der Waals surface area contributed by atoms with Crippen LogP contribution in [0.15, 0.2) is 18.5 Å². The second kappa shape index (κ2) is 2.48. The van der Waals surface area contributed by atoms with E-state index in [1.165, 1.54) is 6.20 Å². The molecule has 2 nitrogen and oxygen atoms in total. The molecular formula is C5H6BFN2. The molecule has 1 heterocycles. The van der Waals surface area contributed by atoms with Gasteiger partial charge in [-0.15, -0.1) is 4.48 Å². The standard InChI is InChI=1S/C5H6BFN2/c6-4-3-8-2-1-5(4)9-7/h1-3H,6H2,(H,8,9). The van der Waals surface area contributed by atoms with Gasteiger partial charge in [0, 0.05) is 12.4 Å². The van der Waals surface area contributed by atoms with Crippen LogP contribution in [0.2, 0.25) is 0 Å². The summed E-state index contributed by atoms with van der Waals surface area (Å²) in [6.45, 7) is 0. The maximum Gasteiger partial charge on any atom is 0.144 e. The molecule has 1 aromatic heterocycles. The van der Waals surface area contributed by atoms with Gasteiger partial charge in [0.15, 0.2) is 0 Å². The lowest BCUT2D eigenvalue weighted by Crippen LogP contribution is -2.07. The summed E-state index contributed by atoms with van der Waals surface area (Å²) in [5.74, 6) is 0. The van der Waals surface area contributed by atoms with Crippen molar-refractivity contribution in [2.75, 3.05) is 5.54 Å². The van der Waals surface area contributed by atoms with Gasteiger partial charge in [-0.3, -0.25) is 4.98 Å². The van der Waals surface area contributed by atoms with Gasteiger partial charge in [0.2, 0.25) is 0 Å². The van der Waals surface area contributed by atoms with Gasteiger partial charge in [0.1, 0.15) is 7.85 Å². The van der Waals surface area contributed by atoms with Crippen LogP contribution in [0.4, 0.5) is 10.2 Å². The number of nitrogens with zero attached hydrogens (tertiary/aromatic N) is 1. The Balaban J connectivity index is 3.01. The maximum absolute atomic E-state index is 11.7. The zero-order chi connectivity index (χ0) is 6.69. The predicted molar refractivity (Wildman–Crippen MR) is 37.1 cm³/mol. The summed E-state index contributed by atoms with van der Waals surface area (Å²) in [6.07, 6.45) is 3.14. The fourth-order valence-electron chi connectivity index (χ4n) is 0.579. The van der Waals surface area contributed by atoms with Gasteiger partial charge in [-0.1, -0.05) is 0 Å². The molecule has 0 saturated heterocycles. The number of nitrogens with one attached hydrogen (secondary N) is 1. The predicted octanol–water partition coefficient (Wildman–Crippen LogP) is -0.364. The number of hydrogen-bond donors (Lipinski definition) is 1. The zero-order valence-electron chi connectivity index (χ0n) is 5.06. The fraction of sp³-hybridized carbons (Fsp3) is 0. The third kappa shape index (κ3) is 1.19. The Labute approximate surface area is 53.5 Å². The van der Waals surface area contributed by atoms with E-state index in [0.29, 0.717) is 5.69 Å². The third-order valence-electron chi connectivity index (χ3n) is 1.12. The molecule has 0 radical (unpaired) electrons. The van der Waals surface area contributed by atoms with Gasteiger partial charge in [-0.2, -0.15) is 0 Å². The van der Waals surface area contributed by atoms with E-state index < -0.39 is 0 Å². The van der Waals surface area contributed by atoms with E-state index in [2.05, 4.69) is 4.98 Å². The Morgan fingerprint density at radius 2 is 2.44 bits per heavy atom. The van der Waals surface area contributed by atoms with Crippen LogP contribution in [0.5, 0.6) is 0 Å². The average molecular weight is 124 g/mol. The zero-order valence-corrected chi connectivity index (χ0v) is 5.06. The van der Waals surface area contributed by atoms with Crippen molar-refractivity contribution >= 4 is 19.0 Å². The van der Waals surface area contributed by atoms with Crippen molar-refractivity contribution in [3.8, 4) is 0 Å². The van der Waals surface area contributed by atoms with Gasteiger partial charge < -0.3 is 0 Å². The molecule has 0 fully saturated rings. The molecule has 0 bridgehead atoms. The van der Waals surface area contributed by atoms with Crippen LogP contribution in [0.1, 0.15) is 0 Å². The van der Waals surface area contributed by atoms with Crippen LogP contribution in [-0.4, -0.2) is 12.8 Å². The lowest BCUT2D eigenvalue weighted by molar-refractivity contribution is 0.618. The van der Waals surface area contributed by atoms with Crippen molar-refractivity contribution in [1.82, 2.24) is 4.98 Å². The van der Waals surface area contributed by atoms with Crippen LogP contribution < -0.4 is 11.0 Å². The summed E-state index contributed by atoms with van der Waals surface area (Å²) in [5, 5.41) is 0. The number of halogens is 1. The van der Waals surface area contributed by atoms with E-state index in [0.717, 1.165) is 5.46 Å². The summed E-state index contributed by atoms with van der Waals surface area (Å²) in [7, 11) is 1.79. The highest BCUT2D eigenvalue weighted by atomic mass is 19.2. The Morgan fingerprint density at radius 3 is 2.89 bits per heavy atom. The van der Waals surface area contributed by atoms with Crippen molar-refractivity contribution in [2.24, 2.45) is 0 Å². The van der Waals surface area contributed by atoms with E-state index in [1.54, 1.807) is 25.6 Å². The minimum absolute atomic E-state index is 0.477. The van der Waals surface area contributed by atoms with Crippen molar-refractivity contribution in [1.29, 1.82) is 0 Å². The number of aromatic nitrogens is 1. The number of hydrogen-bond acceptors (Lipinski definition) is 2. The van der Waals surface area contributed by atoms with E-state index >= 15 is 0 Å². The summed E-state index contributed by atoms with van der Waals surface area (Å²) in [4.78, 5) is 3.79. The first-order chi connectivity index (χ1) is 4.34. The summed E-state index contributed by atoms with van der Waals surface area (Å²) in [6, 6.07) is 1.58. The second-order valence-corrected chi connectivity index (χ2v) is 1.79. The van der Waals surface area contributed by atoms with E-state index in [4.69, 9.17) is 0 Å². The van der Waals surface area contributed by atoms with Crippen molar-refractivity contribution in [3.63, 3.8) is 0 Å². The molecule has 0 saturated carbocycles. The highest BCUT2D eigenvalue weighted by Crippen LogP contribution is 1.97. The Hall–Kier alpha value is -1.06. The number of pyridine rings is 1. The molecule has 0 unspecified atom stereocenters. The van der Waals surface area contributed by atoms with Crippen LogP contribution in [0.3, 0.4) is 0 Å². The summed E-state index contributed by atoms with van der Waals surface area (Å²) >= 11 is 0. The van der Waals surface area contributed by atoms with Crippen molar-refractivity contribution in [3.05, 3.63) is 18.5 Å².